The SMILES string of the molecule is O=C(c1ccc(Cl)cc1)[C@H](CCCl)N(C(=O)c1ccc([N+](=O)[O-])cc1)N1C(=O)[C@@H]2[C@H]3C[C@@H]([C@H](Br)[C@H]3Br)[C@@H]2C1=O. The van der Waals surface area contributed by atoms with Gasteiger partial charge in [-0.1, -0.05) is 43.5 Å². The number of hydrogen-bond acceptors (Lipinski definition) is 6. The van der Waals surface area contributed by atoms with Crippen molar-refractivity contribution < 1.29 is 24.1 Å². The second-order valence-corrected chi connectivity index (χ2v) is 12.7. The van der Waals surface area contributed by atoms with Crippen molar-refractivity contribution in [3.8, 4) is 0 Å². The first-order chi connectivity index (χ1) is 18.6. The maximum atomic E-state index is 14.0. The number of alkyl halides is 3. The molecule has 2 aliphatic carbocycles. The second-order valence-electron chi connectivity index (χ2n) is 9.81. The molecule has 2 bridgehead atoms. The van der Waals surface area contributed by atoms with Crippen LogP contribution in [0.15, 0.2) is 48.5 Å². The third-order valence-corrected chi connectivity index (χ3v) is 11.5. The lowest BCUT2D eigenvalue weighted by Crippen LogP contribution is -2.58. The largest absolute Gasteiger partial charge is 0.292 e. The van der Waals surface area contributed by atoms with Gasteiger partial charge in [-0.2, -0.15) is 5.01 Å². The summed E-state index contributed by atoms with van der Waals surface area (Å²) >= 11 is 19.4. The van der Waals surface area contributed by atoms with Gasteiger partial charge in [0.05, 0.1) is 16.8 Å². The molecule has 9 nitrogen and oxygen atoms in total. The number of nitrogens with zero attached hydrogens (tertiary/aromatic N) is 3. The van der Waals surface area contributed by atoms with Crippen molar-refractivity contribution in [2.45, 2.75) is 28.5 Å². The Labute approximate surface area is 250 Å². The molecule has 0 aromatic heterocycles. The number of non-ortho nitro benzene ring substituents is 1. The van der Waals surface area contributed by atoms with E-state index < -0.39 is 46.3 Å². The minimum absolute atomic E-state index is 0.0198. The molecule has 5 rings (SSSR count). The van der Waals surface area contributed by atoms with Crippen LogP contribution in [0, 0.1) is 33.8 Å². The number of hydrazine groups is 1. The molecule has 39 heavy (non-hydrogen) atoms. The molecule has 2 aromatic carbocycles. The number of fused-ring (bicyclic) bond motifs is 5. The molecule has 0 N–H and O–H groups in total. The van der Waals surface area contributed by atoms with Crippen LogP contribution in [0.25, 0.3) is 0 Å². The van der Waals surface area contributed by atoms with Crippen LogP contribution < -0.4 is 0 Å². The van der Waals surface area contributed by atoms with Crippen LogP contribution in [-0.4, -0.2) is 60.0 Å². The van der Waals surface area contributed by atoms with E-state index >= 15 is 0 Å². The van der Waals surface area contributed by atoms with Crippen molar-refractivity contribution in [3.05, 3.63) is 74.8 Å². The lowest BCUT2D eigenvalue weighted by molar-refractivity contribution is -0.384. The number of hydrogen-bond donors (Lipinski definition) is 0. The number of halogens is 4. The Bertz CT molecular complexity index is 1330. The third-order valence-electron chi connectivity index (χ3n) is 7.82. The fourth-order valence-corrected chi connectivity index (χ4v) is 8.26. The first kappa shape index (κ1) is 28.2. The van der Waals surface area contributed by atoms with E-state index in [1.54, 1.807) is 0 Å². The first-order valence-electron chi connectivity index (χ1n) is 12.2. The van der Waals surface area contributed by atoms with Crippen LogP contribution in [-0.2, 0) is 9.59 Å². The van der Waals surface area contributed by atoms with Gasteiger partial charge in [-0.3, -0.25) is 29.3 Å². The Morgan fingerprint density at radius 2 is 1.49 bits per heavy atom. The van der Waals surface area contributed by atoms with E-state index in [0.717, 1.165) is 22.2 Å². The van der Waals surface area contributed by atoms with Crippen molar-refractivity contribution in [2.75, 3.05) is 5.88 Å². The predicted molar refractivity (Wildman–Crippen MR) is 150 cm³/mol. The van der Waals surface area contributed by atoms with Crippen LogP contribution in [0.3, 0.4) is 0 Å². The molecule has 13 heteroatoms. The van der Waals surface area contributed by atoms with Gasteiger partial charge in [0.2, 0.25) is 0 Å². The summed E-state index contributed by atoms with van der Waals surface area (Å²) in [7, 11) is 0. The number of amides is 3. The Morgan fingerprint density at radius 3 is 1.97 bits per heavy atom. The molecule has 3 aliphatic rings. The summed E-state index contributed by atoms with van der Waals surface area (Å²) in [5.74, 6) is -3.95. The molecule has 2 aromatic rings. The topological polar surface area (TPSA) is 118 Å². The summed E-state index contributed by atoms with van der Waals surface area (Å²) in [6, 6.07) is 9.50. The van der Waals surface area contributed by atoms with Crippen molar-refractivity contribution >= 4 is 84.3 Å². The van der Waals surface area contributed by atoms with Gasteiger partial charge in [-0.25, -0.2) is 5.01 Å². The van der Waals surface area contributed by atoms with Crippen molar-refractivity contribution in [3.63, 3.8) is 0 Å². The van der Waals surface area contributed by atoms with E-state index in [0.29, 0.717) is 11.4 Å². The Morgan fingerprint density at radius 1 is 0.974 bits per heavy atom. The molecule has 3 fully saturated rings. The quantitative estimate of drug-likeness (QED) is 0.122. The van der Waals surface area contributed by atoms with Crippen LogP contribution >= 0.6 is 55.1 Å². The Balaban J connectivity index is 1.59. The van der Waals surface area contributed by atoms with E-state index in [4.69, 9.17) is 23.2 Å². The summed E-state index contributed by atoms with van der Waals surface area (Å²) in [5, 5.41) is 13.3. The number of nitro groups is 1. The van der Waals surface area contributed by atoms with Gasteiger partial charge in [0, 0.05) is 43.8 Å². The Hall–Kier alpha value is -2.34. The summed E-state index contributed by atoms with van der Waals surface area (Å²) in [6.07, 6.45) is 0.640. The molecule has 0 radical (unpaired) electrons. The number of benzene rings is 2. The van der Waals surface area contributed by atoms with Gasteiger partial charge in [0.25, 0.3) is 23.4 Å². The molecule has 1 saturated heterocycles. The highest BCUT2D eigenvalue weighted by molar-refractivity contribution is 9.12. The lowest BCUT2D eigenvalue weighted by Gasteiger charge is -2.36. The summed E-state index contributed by atoms with van der Waals surface area (Å²) < 4.78 is 0. The van der Waals surface area contributed by atoms with Crippen molar-refractivity contribution in [2.24, 2.45) is 23.7 Å². The predicted octanol–water partition coefficient (Wildman–Crippen LogP) is 5.26. The van der Waals surface area contributed by atoms with Gasteiger partial charge < -0.3 is 0 Å². The van der Waals surface area contributed by atoms with Crippen LogP contribution in [0.5, 0.6) is 0 Å². The molecule has 1 aliphatic heterocycles. The molecular weight excluding hydrogens is 681 g/mol. The molecular formula is C26H21Br2Cl2N3O6. The minimum atomic E-state index is -1.30. The minimum Gasteiger partial charge on any atom is -0.292 e. The molecule has 0 spiro atoms. The lowest BCUT2D eigenvalue weighted by atomic mass is 9.81. The van der Waals surface area contributed by atoms with E-state index in [1.165, 1.54) is 36.4 Å². The molecule has 204 valence electrons. The zero-order chi connectivity index (χ0) is 28.2. The first-order valence-corrected chi connectivity index (χ1v) is 14.9. The average Bonchev–Trinajstić information content (AvgIpc) is 3.54. The standard InChI is InChI=1S/C26H21Br2Cl2N3O6/c27-21-16-11-17(22(21)28)20-19(16)25(36)32(26(20)37)31(24(35)13-3-7-15(8-4-13)33(38)39)18(9-10-29)23(34)12-1-5-14(30)6-2-12/h1-8,16-22H,9-11H2/t16-,17-,18+,19-,20+,21+,22+/m1/s1. The van der Waals surface area contributed by atoms with Crippen LogP contribution in [0.2, 0.25) is 5.02 Å². The summed E-state index contributed by atoms with van der Waals surface area (Å²) in [4.78, 5) is 66.1. The van der Waals surface area contributed by atoms with Crippen molar-refractivity contribution in [1.82, 2.24) is 10.0 Å². The van der Waals surface area contributed by atoms with Gasteiger partial charge in [-0.15, -0.1) is 11.6 Å². The monoisotopic (exact) mass is 699 g/mol. The van der Waals surface area contributed by atoms with Crippen LogP contribution in [0.1, 0.15) is 33.6 Å². The van der Waals surface area contributed by atoms with Gasteiger partial charge in [0.1, 0.15) is 6.04 Å². The van der Waals surface area contributed by atoms with Gasteiger partial charge in [-0.05, 0) is 61.1 Å². The molecule has 3 amide bonds. The van der Waals surface area contributed by atoms with E-state index in [1.807, 2.05) is 0 Å². The van der Waals surface area contributed by atoms with Gasteiger partial charge in [0.15, 0.2) is 5.78 Å². The van der Waals surface area contributed by atoms with E-state index in [2.05, 4.69) is 31.9 Å². The van der Waals surface area contributed by atoms with Gasteiger partial charge >= 0.3 is 0 Å². The fourth-order valence-electron chi connectivity index (χ4n) is 6.05. The maximum Gasteiger partial charge on any atom is 0.273 e. The molecule has 1 heterocycles. The number of Topliss-reactive ketones (excluding diaryl/α,β-unsaturated/α-hetero) is 1. The normalized spacial score (nSPS) is 27.9. The third kappa shape index (κ3) is 4.71. The average molecular weight is 702 g/mol. The van der Waals surface area contributed by atoms with E-state index in [-0.39, 0.29) is 50.6 Å². The second kappa shape index (κ2) is 10.9. The zero-order valence-electron chi connectivity index (χ0n) is 20.1. The number of imide groups is 1. The number of carbonyl (C=O) groups is 4. The van der Waals surface area contributed by atoms with Crippen LogP contribution in [0.4, 0.5) is 5.69 Å². The summed E-state index contributed by atoms with van der Waals surface area (Å²) in [6.45, 7) is 0. The number of nitro benzene ring substituents is 1. The maximum absolute atomic E-state index is 14.0. The van der Waals surface area contributed by atoms with E-state index in [9.17, 15) is 29.3 Å². The number of rotatable bonds is 8. The molecule has 7 atom stereocenters. The zero-order valence-corrected chi connectivity index (χ0v) is 24.8. The fraction of sp³-hybridized carbons (Fsp3) is 0.385. The summed E-state index contributed by atoms with van der Waals surface area (Å²) in [5.41, 5.74) is -0.0447. The number of carbonyl (C=O) groups excluding carboxylic acids is 4. The highest BCUT2D eigenvalue weighted by Crippen LogP contribution is 2.60. The molecule has 2 saturated carbocycles. The van der Waals surface area contributed by atoms with Crippen molar-refractivity contribution in [1.29, 1.82) is 0 Å². The number of ketones is 1. The highest BCUT2D eigenvalue weighted by Gasteiger charge is 2.68. The smallest absolute Gasteiger partial charge is 0.273 e. The Kier molecular flexibility index (Phi) is 7.89. The molecule has 0 unspecified atom stereocenters. The highest BCUT2D eigenvalue weighted by atomic mass is 79.9.